The van der Waals surface area contributed by atoms with Crippen LogP contribution in [0, 0.1) is 13.8 Å². The average molecular weight is 320 g/mol. The molecule has 6 nitrogen and oxygen atoms in total. The standard InChI is InChI=1S/C15H20N4O2S/c1-9-14(22-8-16-9)7-19-6-5-12-11(19)3-4-13(20-12)15-17-10(2)18-21-15/h8,11-13H,3-7H2,1-2H3/t11-,12-,13-/m1/s1. The first-order valence-corrected chi connectivity index (χ1v) is 8.67. The zero-order valence-corrected chi connectivity index (χ0v) is 13.7. The van der Waals surface area contributed by atoms with Gasteiger partial charge in [0.15, 0.2) is 5.82 Å². The first-order valence-electron chi connectivity index (χ1n) is 7.79. The molecule has 0 radical (unpaired) electrons. The lowest BCUT2D eigenvalue weighted by Crippen LogP contribution is -2.40. The zero-order valence-electron chi connectivity index (χ0n) is 12.9. The minimum atomic E-state index is -0.0347. The Kier molecular flexibility index (Phi) is 3.71. The minimum Gasteiger partial charge on any atom is -0.363 e. The van der Waals surface area contributed by atoms with Gasteiger partial charge in [-0.2, -0.15) is 4.98 Å². The molecule has 118 valence electrons. The quantitative estimate of drug-likeness (QED) is 0.866. The predicted molar refractivity (Wildman–Crippen MR) is 81.5 cm³/mol. The SMILES string of the molecule is Cc1noc([C@H]2CC[C@@H]3[C@@H](CCN3Cc3scnc3C)O2)n1. The Balaban J connectivity index is 1.43. The van der Waals surface area contributed by atoms with E-state index in [4.69, 9.17) is 9.26 Å². The molecule has 0 saturated carbocycles. The summed E-state index contributed by atoms with van der Waals surface area (Å²) in [6, 6.07) is 0.502. The normalized spacial score (nSPS) is 28.9. The van der Waals surface area contributed by atoms with Crippen LogP contribution >= 0.6 is 11.3 Å². The highest BCUT2D eigenvalue weighted by atomic mass is 32.1. The van der Waals surface area contributed by atoms with Gasteiger partial charge in [0, 0.05) is 24.0 Å². The second kappa shape index (κ2) is 5.72. The molecule has 0 aliphatic carbocycles. The Morgan fingerprint density at radius 1 is 1.32 bits per heavy atom. The molecule has 2 aromatic heterocycles. The second-order valence-electron chi connectivity index (χ2n) is 6.11. The maximum atomic E-state index is 6.24. The Hall–Kier alpha value is -1.31. The second-order valence-corrected chi connectivity index (χ2v) is 7.05. The smallest absolute Gasteiger partial charge is 0.255 e. The van der Waals surface area contributed by atoms with Crippen molar-refractivity contribution in [2.75, 3.05) is 6.54 Å². The molecule has 4 heterocycles. The summed E-state index contributed by atoms with van der Waals surface area (Å²) < 4.78 is 11.5. The van der Waals surface area contributed by atoms with Gasteiger partial charge in [-0.05, 0) is 33.1 Å². The zero-order chi connectivity index (χ0) is 15.1. The third-order valence-electron chi connectivity index (χ3n) is 4.67. The molecule has 2 fully saturated rings. The molecule has 2 aliphatic rings. The van der Waals surface area contributed by atoms with E-state index >= 15 is 0 Å². The van der Waals surface area contributed by atoms with E-state index in [0.29, 0.717) is 17.8 Å². The van der Waals surface area contributed by atoms with Crippen LogP contribution in [0.15, 0.2) is 10.0 Å². The van der Waals surface area contributed by atoms with Crippen molar-refractivity contribution in [3.05, 3.63) is 27.8 Å². The molecule has 7 heteroatoms. The maximum Gasteiger partial charge on any atom is 0.255 e. The van der Waals surface area contributed by atoms with E-state index in [1.54, 1.807) is 11.3 Å². The lowest BCUT2D eigenvalue weighted by Gasteiger charge is -2.34. The Morgan fingerprint density at radius 2 is 2.23 bits per heavy atom. The van der Waals surface area contributed by atoms with Gasteiger partial charge in [0.25, 0.3) is 5.89 Å². The predicted octanol–water partition coefficient (Wildman–Crippen LogP) is 2.64. The van der Waals surface area contributed by atoms with Crippen LogP contribution in [-0.2, 0) is 11.3 Å². The molecule has 0 amide bonds. The number of aryl methyl sites for hydroxylation is 2. The first kappa shape index (κ1) is 14.3. The number of ether oxygens (including phenoxy) is 1. The number of nitrogens with zero attached hydrogens (tertiary/aromatic N) is 4. The highest BCUT2D eigenvalue weighted by molar-refractivity contribution is 7.09. The van der Waals surface area contributed by atoms with Gasteiger partial charge in [-0.25, -0.2) is 4.98 Å². The van der Waals surface area contributed by atoms with Crippen LogP contribution in [0.4, 0.5) is 0 Å². The highest BCUT2D eigenvalue weighted by Gasteiger charge is 2.41. The van der Waals surface area contributed by atoms with Crippen molar-refractivity contribution in [1.82, 2.24) is 20.0 Å². The molecule has 0 bridgehead atoms. The van der Waals surface area contributed by atoms with Crippen molar-refractivity contribution in [2.24, 2.45) is 0 Å². The molecule has 0 unspecified atom stereocenters. The van der Waals surface area contributed by atoms with Crippen LogP contribution in [0.25, 0.3) is 0 Å². The third-order valence-corrected chi connectivity index (χ3v) is 5.59. The number of aromatic nitrogens is 3. The van der Waals surface area contributed by atoms with Gasteiger partial charge in [-0.1, -0.05) is 5.16 Å². The van der Waals surface area contributed by atoms with E-state index in [9.17, 15) is 0 Å². The van der Waals surface area contributed by atoms with Crippen LogP contribution in [0.3, 0.4) is 0 Å². The van der Waals surface area contributed by atoms with Crippen LogP contribution in [0.1, 0.15) is 47.7 Å². The lowest BCUT2D eigenvalue weighted by molar-refractivity contribution is -0.0831. The van der Waals surface area contributed by atoms with Crippen LogP contribution in [0.2, 0.25) is 0 Å². The Labute approximate surface area is 133 Å². The number of likely N-dealkylation sites (tertiary alicyclic amines) is 1. The Bertz CT molecular complexity index is 656. The molecule has 0 N–H and O–H groups in total. The first-order chi connectivity index (χ1) is 10.7. The summed E-state index contributed by atoms with van der Waals surface area (Å²) in [7, 11) is 0. The monoisotopic (exact) mass is 320 g/mol. The van der Waals surface area contributed by atoms with Crippen molar-refractivity contribution < 1.29 is 9.26 Å². The van der Waals surface area contributed by atoms with Gasteiger partial charge in [0.1, 0.15) is 6.10 Å². The van der Waals surface area contributed by atoms with Crippen LogP contribution in [-0.4, -0.2) is 38.7 Å². The van der Waals surface area contributed by atoms with Crippen LogP contribution < -0.4 is 0 Å². The van der Waals surface area contributed by atoms with E-state index in [-0.39, 0.29) is 12.2 Å². The largest absolute Gasteiger partial charge is 0.363 e. The fraction of sp³-hybridized carbons (Fsp3) is 0.667. The van der Waals surface area contributed by atoms with E-state index in [1.165, 1.54) is 4.88 Å². The molecule has 4 rings (SSSR count). The number of fused-ring (bicyclic) bond motifs is 1. The summed E-state index contributed by atoms with van der Waals surface area (Å²) in [5, 5.41) is 3.87. The van der Waals surface area contributed by atoms with Gasteiger partial charge in [0.2, 0.25) is 0 Å². The van der Waals surface area contributed by atoms with Crippen molar-refractivity contribution in [2.45, 2.75) is 57.9 Å². The fourth-order valence-electron chi connectivity index (χ4n) is 3.50. The molecular weight excluding hydrogens is 300 g/mol. The molecule has 2 saturated heterocycles. The number of hydrogen-bond donors (Lipinski definition) is 0. The summed E-state index contributed by atoms with van der Waals surface area (Å²) in [6.45, 7) is 6.01. The van der Waals surface area contributed by atoms with Gasteiger partial charge in [-0.15, -0.1) is 11.3 Å². The topological polar surface area (TPSA) is 64.3 Å². The van der Waals surface area contributed by atoms with Crippen molar-refractivity contribution in [3.63, 3.8) is 0 Å². The van der Waals surface area contributed by atoms with E-state index in [1.807, 2.05) is 12.4 Å². The Morgan fingerprint density at radius 3 is 2.95 bits per heavy atom. The van der Waals surface area contributed by atoms with Crippen molar-refractivity contribution in [1.29, 1.82) is 0 Å². The van der Waals surface area contributed by atoms with Gasteiger partial charge >= 0.3 is 0 Å². The molecule has 22 heavy (non-hydrogen) atoms. The summed E-state index contributed by atoms with van der Waals surface area (Å²) in [4.78, 5) is 12.6. The number of hydrogen-bond acceptors (Lipinski definition) is 7. The summed E-state index contributed by atoms with van der Waals surface area (Å²) in [5.41, 5.74) is 3.09. The van der Waals surface area contributed by atoms with E-state index in [0.717, 1.165) is 38.0 Å². The lowest BCUT2D eigenvalue weighted by atomic mass is 9.99. The van der Waals surface area contributed by atoms with E-state index in [2.05, 4.69) is 26.9 Å². The van der Waals surface area contributed by atoms with E-state index < -0.39 is 0 Å². The van der Waals surface area contributed by atoms with Crippen molar-refractivity contribution >= 4 is 11.3 Å². The average Bonchev–Trinajstić information content (AvgIpc) is 3.21. The summed E-state index contributed by atoms with van der Waals surface area (Å²) >= 11 is 1.75. The number of thiazole rings is 1. The molecule has 3 atom stereocenters. The molecule has 0 aromatic carbocycles. The minimum absolute atomic E-state index is 0.0347. The highest BCUT2D eigenvalue weighted by Crippen LogP contribution is 2.38. The fourth-order valence-corrected chi connectivity index (χ4v) is 4.30. The third kappa shape index (κ3) is 2.57. The van der Waals surface area contributed by atoms with Crippen LogP contribution in [0.5, 0.6) is 0 Å². The molecule has 0 spiro atoms. The summed E-state index contributed by atoms with van der Waals surface area (Å²) in [5.74, 6) is 1.31. The molecular formula is C15H20N4O2S. The summed E-state index contributed by atoms with van der Waals surface area (Å²) in [6.07, 6.45) is 3.38. The molecule has 2 aliphatic heterocycles. The molecule has 2 aromatic rings. The van der Waals surface area contributed by atoms with Gasteiger partial charge in [0.05, 0.1) is 17.3 Å². The van der Waals surface area contributed by atoms with Gasteiger partial charge in [-0.3, -0.25) is 4.90 Å². The maximum absolute atomic E-state index is 6.24. The number of rotatable bonds is 3. The van der Waals surface area contributed by atoms with Crippen molar-refractivity contribution in [3.8, 4) is 0 Å². The van der Waals surface area contributed by atoms with Gasteiger partial charge < -0.3 is 9.26 Å².